The molecule has 1 saturated heterocycles. The SMILES string of the molecule is CCNC(=O)CN1CCCC(CCN)C1. The normalized spacial score (nSPS) is 22.7. The molecular formula is C11H23N3O. The zero-order valence-electron chi connectivity index (χ0n) is 9.67. The van der Waals surface area contributed by atoms with Gasteiger partial charge in [0, 0.05) is 13.1 Å². The molecule has 0 aromatic carbocycles. The third-order valence-electron chi connectivity index (χ3n) is 2.92. The number of hydrogen-bond donors (Lipinski definition) is 2. The average molecular weight is 213 g/mol. The third-order valence-corrected chi connectivity index (χ3v) is 2.92. The topological polar surface area (TPSA) is 58.4 Å². The maximum Gasteiger partial charge on any atom is 0.234 e. The second kappa shape index (κ2) is 6.80. The highest BCUT2D eigenvalue weighted by molar-refractivity contribution is 5.77. The number of hydrogen-bond acceptors (Lipinski definition) is 3. The van der Waals surface area contributed by atoms with Gasteiger partial charge in [-0.15, -0.1) is 0 Å². The van der Waals surface area contributed by atoms with E-state index in [-0.39, 0.29) is 5.91 Å². The monoisotopic (exact) mass is 213 g/mol. The van der Waals surface area contributed by atoms with Crippen molar-refractivity contribution < 1.29 is 4.79 Å². The molecule has 15 heavy (non-hydrogen) atoms. The molecule has 1 aliphatic heterocycles. The summed E-state index contributed by atoms with van der Waals surface area (Å²) in [6, 6.07) is 0. The Balaban J connectivity index is 2.26. The molecule has 0 bridgehead atoms. The number of piperidine rings is 1. The molecule has 0 aromatic heterocycles. The van der Waals surface area contributed by atoms with Crippen molar-refractivity contribution in [1.29, 1.82) is 0 Å². The molecule has 1 aliphatic rings. The molecule has 1 rings (SSSR count). The summed E-state index contributed by atoms with van der Waals surface area (Å²) in [4.78, 5) is 13.6. The van der Waals surface area contributed by atoms with Crippen molar-refractivity contribution in [3.63, 3.8) is 0 Å². The van der Waals surface area contributed by atoms with Crippen LogP contribution in [-0.4, -0.2) is 43.5 Å². The fourth-order valence-corrected chi connectivity index (χ4v) is 2.22. The van der Waals surface area contributed by atoms with Gasteiger partial charge in [-0.3, -0.25) is 9.69 Å². The number of carbonyl (C=O) groups excluding carboxylic acids is 1. The van der Waals surface area contributed by atoms with Crippen LogP contribution in [0.1, 0.15) is 26.2 Å². The van der Waals surface area contributed by atoms with E-state index in [1.165, 1.54) is 12.8 Å². The van der Waals surface area contributed by atoms with Gasteiger partial charge in [0.1, 0.15) is 0 Å². The van der Waals surface area contributed by atoms with Gasteiger partial charge in [0.05, 0.1) is 6.54 Å². The quantitative estimate of drug-likeness (QED) is 0.685. The van der Waals surface area contributed by atoms with Crippen LogP contribution in [0.2, 0.25) is 0 Å². The maximum absolute atomic E-state index is 11.4. The first-order valence-corrected chi connectivity index (χ1v) is 5.95. The fraction of sp³-hybridized carbons (Fsp3) is 0.909. The number of likely N-dealkylation sites (tertiary alicyclic amines) is 1. The van der Waals surface area contributed by atoms with Crippen LogP contribution in [0.3, 0.4) is 0 Å². The van der Waals surface area contributed by atoms with Crippen molar-refractivity contribution >= 4 is 5.91 Å². The summed E-state index contributed by atoms with van der Waals surface area (Å²) in [6.07, 6.45) is 3.55. The van der Waals surface area contributed by atoms with E-state index in [0.29, 0.717) is 12.5 Å². The third kappa shape index (κ3) is 4.62. The molecule has 0 aliphatic carbocycles. The highest BCUT2D eigenvalue weighted by Gasteiger charge is 2.20. The lowest BCUT2D eigenvalue weighted by Gasteiger charge is -2.31. The highest BCUT2D eigenvalue weighted by atomic mass is 16.2. The van der Waals surface area contributed by atoms with Gasteiger partial charge in [-0.25, -0.2) is 0 Å². The van der Waals surface area contributed by atoms with Gasteiger partial charge in [0.25, 0.3) is 0 Å². The second-order valence-corrected chi connectivity index (χ2v) is 4.27. The summed E-state index contributed by atoms with van der Waals surface area (Å²) in [7, 11) is 0. The highest BCUT2D eigenvalue weighted by Crippen LogP contribution is 2.18. The van der Waals surface area contributed by atoms with Gasteiger partial charge in [0.2, 0.25) is 5.91 Å². The summed E-state index contributed by atoms with van der Waals surface area (Å²) >= 11 is 0. The van der Waals surface area contributed by atoms with Crippen molar-refractivity contribution in [3.8, 4) is 0 Å². The molecule has 0 radical (unpaired) electrons. The van der Waals surface area contributed by atoms with E-state index in [9.17, 15) is 4.79 Å². The summed E-state index contributed by atoms with van der Waals surface area (Å²) in [6.45, 7) is 6.07. The molecule has 1 heterocycles. The van der Waals surface area contributed by atoms with Crippen LogP contribution in [0.4, 0.5) is 0 Å². The first-order chi connectivity index (χ1) is 7.26. The Morgan fingerprint density at radius 3 is 3.07 bits per heavy atom. The van der Waals surface area contributed by atoms with Gasteiger partial charge < -0.3 is 11.1 Å². The lowest BCUT2D eigenvalue weighted by molar-refractivity contribution is -0.122. The van der Waals surface area contributed by atoms with E-state index in [1.807, 2.05) is 6.92 Å². The van der Waals surface area contributed by atoms with Crippen LogP contribution in [0.5, 0.6) is 0 Å². The van der Waals surface area contributed by atoms with Crippen molar-refractivity contribution in [1.82, 2.24) is 10.2 Å². The molecule has 4 nitrogen and oxygen atoms in total. The fourth-order valence-electron chi connectivity index (χ4n) is 2.22. The molecular weight excluding hydrogens is 190 g/mol. The molecule has 1 amide bonds. The van der Waals surface area contributed by atoms with E-state index in [4.69, 9.17) is 5.73 Å². The van der Waals surface area contributed by atoms with Gasteiger partial charge >= 0.3 is 0 Å². The predicted octanol–water partition coefficient (Wildman–Crippen LogP) is 0.183. The van der Waals surface area contributed by atoms with E-state index in [1.54, 1.807) is 0 Å². The molecule has 0 spiro atoms. The van der Waals surface area contributed by atoms with Crippen molar-refractivity contribution in [2.45, 2.75) is 26.2 Å². The van der Waals surface area contributed by atoms with Gasteiger partial charge in [-0.2, -0.15) is 0 Å². The van der Waals surface area contributed by atoms with Gasteiger partial charge in [-0.1, -0.05) is 0 Å². The second-order valence-electron chi connectivity index (χ2n) is 4.27. The lowest BCUT2D eigenvalue weighted by atomic mass is 9.95. The summed E-state index contributed by atoms with van der Waals surface area (Å²) < 4.78 is 0. The summed E-state index contributed by atoms with van der Waals surface area (Å²) in [5.74, 6) is 0.837. The predicted molar refractivity (Wildman–Crippen MR) is 61.5 cm³/mol. The van der Waals surface area contributed by atoms with Gasteiger partial charge in [0.15, 0.2) is 0 Å². The first kappa shape index (κ1) is 12.5. The molecule has 0 aromatic rings. The largest absolute Gasteiger partial charge is 0.355 e. The molecule has 3 N–H and O–H groups in total. The standard InChI is InChI=1S/C11H23N3O/c1-2-13-11(15)9-14-7-3-4-10(8-14)5-6-12/h10H,2-9,12H2,1H3,(H,13,15). The van der Waals surface area contributed by atoms with Crippen molar-refractivity contribution in [2.75, 3.05) is 32.7 Å². The molecule has 1 fully saturated rings. The van der Waals surface area contributed by atoms with Crippen LogP contribution in [0, 0.1) is 5.92 Å². The molecule has 1 unspecified atom stereocenters. The Bertz CT molecular complexity index is 194. The Kier molecular flexibility index (Phi) is 5.65. The van der Waals surface area contributed by atoms with Gasteiger partial charge in [-0.05, 0) is 45.2 Å². The number of amides is 1. The number of rotatable bonds is 5. The van der Waals surface area contributed by atoms with Crippen molar-refractivity contribution in [2.24, 2.45) is 11.7 Å². The van der Waals surface area contributed by atoms with Crippen molar-refractivity contribution in [3.05, 3.63) is 0 Å². The zero-order chi connectivity index (χ0) is 11.1. The maximum atomic E-state index is 11.4. The minimum Gasteiger partial charge on any atom is -0.355 e. The smallest absolute Gasteiger partial charge is 0.234 e. The van der Waals surface area contributed by atoms with Crippen LogP contribution < -0.4 is 11.1 Å². The number of likely N-dealkylation sites (N-methyl/N-ethyl adjacent to an activating group) is 1. The number of carbonyl (C=O) groups is 1. The van der Waals surface area contributed by atoms with E-state index >= 15 is 0 Å². The average Bonchev–Trinajstić information content (AvgIpc) is 2.19. The van der Waals surface area contributed by atoms with E-state index in [2.05, 4.69) is 10.2 Å². The number of nitrogens with one attached hydrogen (secondary N) is 1. The number of nitrogens with zero attached hydrogens (tertiary/aromatic N) is 1. The van der Waals surface area contributed by atoms with Crippen LogP contribution in [0.15, 0.2) is 0 Å². The zero-order valence-corrected chi connectivity index (χ0v) is 9.67. The summed E-state index contributed by atoms with van der Waals surface area (Å²) in [5, 5.41) is 2.83. The van der Waals surface area contributed by atoms with Crippen LogP contribution >= 0.6 is 0 Å². The van der Waals surface area contributed by atoms with E-state index in [0.717, 1.165) is 32.6 Å². The van der Waals surface area contributed by atoms with E-state index < -0.39 is 0 Å². The minimum absolute atomic E-state index is 0.144. The Labute approximate surface area is 92.2 Å². The Hall–Kier alpha value is -0.610. The summed E-state index contributed by atoms with van der Waals surface area (Å²) in [5.41, 5.74) is 5.56. The molecule has 1 atom stereocenters. The Morgan fingerprint density at radius 2 is 2.40 bits per heavy atom. The first-order valence-electron chi connectivity index (χ1n) is 5.95. The molecule has 4 heteroatoms. The van der Waals surface area contributed by atoms with Crippen LogP contribution in [-0.2, 0) is 4.79 Å². The number of nitrogens with two attached hydrogens (primary N) is 1. The minimum atomic E-state index is 0.144. The molecule has 0 saturated carbocycles. The van der Waals surface area contributed by atoms with Crippen LogP contribution in [0.25, 0.3) is 0 Å². The Morgan fingerprint density at radius 1 is 1.60 bits per heavy atom. The molecule has 88 valence electrons. The lowest BCUT2D eigenvalue weighted by Crippen LogP contribution is -2.42.